The van der Waals surface area contributed by atoms with Gasteiger partial charge in [0.2, 0.25) is 35.4 Å². The van der Waals surface area contributed by atoms with Crippen LogP contribution in [0.2, 0.25) is 0 Å². The number of aromatic nitrogens is 2. The number of carbonyl (C=O) groups excluding carboxylic acids is 7. The number of hydrogen-bond acceptors (Lipinski definition) is 23. The largest absolute Gasteiger partial charge is 0.504 e. The molecule has 0 radical (unpaired) electrons. The number of β-amino-alcohol motifs (C(OH)–C–C–N with tert-alkyl or cyclic N) is 1. The van der Waals surface area contributed by atoms with Gasteiger partial charge in [-0.15, -0.1) is 35.0 Å². The van der Waals surface area contributed by atoms with E-state index >= 15 is 0 Å². The molecular formula is C63H91Cl2N11O18S. The number of methoxy groups -OCH3 is 2. The number of aliphatic hydroxyl groups excluding tert-OH is 6. The van der Waals surface area contributed by atoms with Crippen molar-refractivity contribution >= 4 is 77.5 Å². The summed E-state index contributed by atoms with van der Waals surface area (Å²) in [6.07, 6.45) is -6.62. The van der Waals surface area contributed by atoms with E-state index in [1.807, 2.05) is 24.3 Å². The molecule has 13 atom stereocenters. The quantitative estimate of drug-likeness (QED) is 0.0329. The van der Waals surface area contributed by atoms with Crippen molar-refractivity contribution in [2.45, 2.75) is 145 Å². The van der Waals surface area contributed by atoms with E-state index in [9.17, 15) is 69.3 Å². The number of nitrogens with two attached hydrogens (primary N) is 1. The number of amides is 7. The number of ether oxygens (including phenoxy) is 4. The topological polar surface area (TPSA) is 428 Å². The van der Waals surface area contributed by atoms with Gasteiger partial charge in [0.15, 0.2) is 11.5 Å². The van der Waals surface area contributed by atoms with Gasteiger partial charge in [-0.1, -0.05) is 55.7 Å². The lowest BCUT2D eigenvalue weighted by molar-refractivity contribution is -0.147. The third kappa shape index (κ3) is 22.1. The van der Waals surface area contributed by atoms with Crippen molar-refractivity contribution in [2.24, 2.45) is 11.7 Å². The number of phenols is 1. The number of rotatable bonds is 27. The van der Waals surface area contributed by atoms with E-state index in [4.69, 9.17) is 24.7 Å². The molecule has 4 aromatic rings. The lowest BCUT2D eigenvalue weighted by atomic mass is 9.98. The lowest BCUT2D eigenvalue weighted by Gasteiger charge is -2.34. The van der Waals surface area contributed by atoms with Crippen molar-refractivity contribution in [1.29, 1.82) is 0 Å². The number of halogens is 2. The first kappa shape index (κ1) is 78.8. The number of nitrogens with one attached hydrogen (secondary N) is 6. The molecule has 0 unspecified atom stereocenters. The van der Waals surface area contributed by atoms with Crippen molar-refractivity contribution in [3.8, 4) is 38.4 Å². The second kappa shape index (κ2) is 38.7. The van der Waals surface area contributed by atoms with Crippen LogP contribution in [0.4, 0.5) is 0 Å². The highest BCUT2D eigenvalue weighted by molar-refractivity contribution is 7.17. The Labute approximate surface area is 567 Å². The number of aliphatic hydroxyl groups is 6. The zero-order valence-electron chi connectivity index (χ0n) is 53.5. The molecule has 3 aliphatic heterocycles. The Morgan fingerprint density at radius 3 is 1.96 bits per heavy atom. The first-order chi connectivity index (χ1) is 44.6. The highest BCUT2D eigenvalue weighted by atomic mass is 35.5. The fourth-order valence-electron chi connectivity index (χ4n) is 11.2. The number of unbranched alkanes of at least 4 members (excludes halogenated alkanes) is 4. The molecule has 7 rings (SSSR count). The summed E-state index contributed by atoms with van der Waals surface area (Å²) in [5.41, 5.74) is 7.54. The number of hydrogen-bond donors (Lipinski definition) is 14. The van der Waals surface area contributed by atoms with E-state index in [1.165, 1.54) is 48.6 Å². The average Bonchev–Trinajstić information content (AvgIpc) is 1.68. The van der Waals surface area contributed by atoms with Crippen LogP contribution >= 0.6 is 36.2 Å². The Morgan fingerprint density at radius 1 is 0.695 bits per heavy atom. The zero-order valence-corrected chi connectivity index (χ0v) is 56.0. The number of nitrogens with zero attached hydrogens (tertiary/aromatic N) is 4. The van der Waals surface area contributed by atoms with Crippen molar-refractivity contribution in [3.05, 3.63) is 77.9 Å². The second-order valence-corrected chi connectivity index (χ2v) is 24.6. The van der Waals surface area contributed by atoms with E-state index in [1.54, 1.807) is 26.4 Å². The Balaban J connectivity index is 0.00000817. The summed E-state index contributed by atoms with van der Waals surface area (Å²) < 4.78 is 21.8. The van der Waals surface area contributed by atoms with Gasteiger partial charge >= 0.3 is 0 Å². The van der Waals surface area contributed by atoms with E-state index < -0.39 is 152 Å². The summed E-state index contributed by atoms with van der Waals surface area (Å²) in [5, 5.41) is 105. The molecule has 0 bridgehead atoms. The van der Waals surface area contributed by atoms with Crippen LogP contribution in [0.15, 0.2) is 66.7 Å². The minimum atomic E-state index is -2.05. The minimum absolute atomic E-state index is 0. The van der Waals surface area contributed by atoms with Gasteiger partial charge in [-0.2, -0.15) is 0 Å². The lowest BCUT2D eigenvalue weighted by Crippen LogP contribution is -2.64. The van der Waals surface area contributed by atoms with Crippen molar-refractivity contribution < 1.29 is 88.3 Å². The van der Waals surface area contributed by atoms with Crippen molar-refractivity contribution in [2.75, 3.05) is 79.9 Å². The van der Waals surface area contributed by atoms with E-state index in [-0.39, 0.29) is 73.6 Å². The van der Waals surface area contributed by atoms with Crippen LogP contribution in [0.3, 0.4) is 0 Å². The first-order valence-corrected chi connectivity index (χ1v) is 32.1. The summed E-state index contributed by atoms with van der Waals surface area (Å²) in [5.74, 6) is -7.88. The Kier molecular flexibility index (Phi) is 32.1. The maximum Gasteiger partial charge on any atom is 0.251 e. The molecule has 4 heterocycles. The monoisotopic (exact) mass is 1390 g/mol. The highest BCUT2D eigenvalue weighted by Gasteiger charge is 2.50. The minimum Gasteiger partial charge on any atom is -0.504 e. The Hall–Kier alpha value is -6.91. The molecule has 32 heteroatoms. The molecule has 0 saturated carbocycles. The van der Waals surface area contributed by atoms with Crippen LogP contribution in [-0.4, -0.2) is 250 Å². The standard InChI is InChI=1S/C63H89N11O18S.2ClH/c1-35-33-74-53(54(35)81)59(86)66-32-41(76)30-44(67-55(82)38-11-13-39(14-12-38)60-71-72-61(93-60)40-15-17-43(18-16-40)91-25-9-7-5-6-8-24-89-3)56(83)68-50(36(2)75)62(87)73-34-42(77)31-45(73)57(84)69-51(58(85)70-52(63(74)88)47(79)20-21-64)48(80)28-37-10-19-46(78)49(29-37)92-27-23-65-22-26-90-4;;/h10-19,29,35-36,41-42,44-45,47-48,50-54,65,75-81H,5-9,20-28,30-34,64H2,1-4H3,(H,66,86)(H,67,82)(H,68,83)(H,69,84)(H,70,85);2*1H/t35-,36+,41+,42+,44-,45-,47+,48+,50-,51-,52-,53-,54-;;/m0../s1. The molecule has 0 aliphatic carbocycles. The second-order valence-electron chi connectivity index (χ2n) is 23.6. The SMILES string of the molecule is COCCCCCCCOc1ccc(-c2nnc(-c3ccc(C(=O)N[C@H]4C[C@@H](O)CNC(=O)[C@@H]5[C@@H](O)[C@@H](C)CN5C(=O)[C@H]([C@H](O)CCN)NC(=O)[C@H]([C@H](O)Cc5ccc(O)c(OCCNCCOC)c5)NC(=O)[C@@H]5C[C@@H](O)CN5C(=O)[C@H]([C@@H](C)O)NC4=O)cc3)s2)cc1.Cl.Cl. The maximum atomic E-state index is 14.8. The third-order valence-electron chi connectivity index (χ3n) is 16.4. The van der Waals surface area contributed by atoms with Gasteiger partial charge in [-0.25, -0.2) is 0 Å². The summed E-state index contributed by atoms with van der Waals surface area (Å²) in [4.78, 5) is 104. The van der Waals surface area contributed by atoms with Crippen LogP contribution in [0.25, 0.3) is 21.1 Å². The number of phenolic OH excluding ortho intramolecular Hbond substituents is 1. The van der Waals surface area contributed by atoms with Crippen LogP contribution < -0.4 is 47.1 Å². The van der Waals surface area contributed by atoms with Gasteiger partial charge in [0.05, 0.1) is 49.8 Å². The molecule has 3 aromatic carbocycles. The molecule has 95 heavy (non-hydrogen) atoms. The summed E-state index contributed by atoms with van der Waals surface area (Å²) in [6, 6.07) is 6.76. The average molecular weight is 1390 g/mol. The molecule has 15 N–H and O–H groups in total. The maximum absolute atomic E-state index is 14.8. The van der Waals surface area contributed by atoms with Crippen LogP contribution in [0.1, 0.15) is 81.1 Å². The molecule has 3 aliphatic rings. The fourth-order valence-corrected chi connectivity index (χ4v) is 12.0. The predicted octanol–water partition coefficient (Wildman–Crippen LogP) is -0.691. The molecular weight excluding hydrogens is 1300 g/mol. The predicted molar refractivity (Wildman–Crippen MR) is 353 cm³/mol. The molecule has 0 spiro atoms. The smallest absolute Gasteiger partial charge is 0.251 e. The molecule has 3 saturated heterocycles. The number of aromatic hydroxyl groups is 1. The fraction of sp³-hybridized carbons (Fsp3) is 0.571. The third-order valence-corrected chi connectivity index (χ3v) is 17.4. The Morgan fingerprint density at radius 2 is 1.31 bits per heavy atom. The van der Waals surface area contributed by atoms with Gasteiger partial charge in [-0.05, 0) is 86.8 Å². The van der Waals surface area contributed by atoms with Gasteiger partial charge < -0.3 is 102 Å². The van der Waals surface area contributed by atoms with Gasteiger partial charge in [0.1, 0.15) is 58.6 Å². The van der Waals surface area contributed by atoms with E-state index in [0.717, 1.165) is 66.7 Å². The number of carbonyl (C=O) groups is 7. The zero-order chi connectivity index (χ0) is 67.3. The highest BCUT2D eigenvalue weighted by Crippen LogP contribution is 2.33. The summed E-state index contributed by atoms with van der Waals surface area (Å²) in [7, 11) is 3.25. The molecule has 29 nitrogen and oxygen atoms in total. The summed E-state index contributed by atoms with van der Waals surface area (Å²) >= 11 is 1.31. The van der Waals surface area contributed by atoms with Crippen LogP contribution in [-0.2, 0) is 44.7 Å². The van der Waals surface area contributed by atoms with Crippen LogP contribution in [0, 0.1) is 5.92 Å². The molecule has 1 aromatic heterocycles. The van der Waals surface area contributed by atoms with Crippen molar-refractivity contribution in [3.63, 3.8) is 0 Å². The van der Waals surface area contributed by atoms with Gasteiger partial charge in [-0.3, -0.25) is 33.6 Å². The van der Waals surface area contributed by atoms with E-state index in [2.05, 4.69) is 42.1 Å². The molecule has 526 valence electrons. The molecule has 3 fully saturated rings. The van der Waals surface area contributed by atoms with Crippen molar-refractivity contribution in [1.82, 2.24) is 51.9 Å². The number of benzene rings is 3. The van der Waals surface area contributed by atoms with Gasteiger partial charge in [0, 0.05) is 95.4 Å². The van der Waals surface area contributed by atoms with E-state index in [0.29, 0.717) is 41.9 Å². The number of fused-ring (bicyclic) bond motifs is 2. The van der Waals surface area contributed by atoms with Gasteiger partial charge in [0.25, 0.3) is 5.91 Å². The Bertz CT molecular complexity index is 3120. The molecule has 7 amide bonds. The first-order valence-electron chi connectivity index (χ1n) is 31.3. The van der Waals surface area contributed by atoms with Crippen LogP contribution in [0.5, 0.6) is 17.2 Å². The normalized spacial score (nSPS) is 24.0. The summed E-state index contributed by atoms with van der Waals surface area (Å²) in [6.45, 7) is 3.76.